The molecule has 5 aromatic rings. The maximum Gasteiger partial charge on any atom is 0.266 e. The van der Waals surface area contributed by atoms with E-state index >= 15 is 0 Å². The van der Waals surface area contributed by atoms with Crippen LogP contribution in [0.3, 0.4) is 0 Å². The lowest BCUT2D eigenvalue weighted by Gasteiger charge is -2.15. The maximum absolute atomic E-state index is 15.0. The minimum Gasteiger partial charge on any atom is -0.453 e. The summed E-state index contributed by atoms with van der Waals surface area (Å²) in [7, 11) is -2.59. The maximum atomic E-state index is 15.0. The Kier molecular flexibility index (Phi) is 6.58. The number of nitrogens with one attached hydrogen (secondary N) is 1. The molecule has 0 saturated heterocycles. The molecule has 0 spiro atoms. The predicted molar refractivity (Wildman–Crippen MR) is 134 cm³/mol. The molecule has 0 amide bonds. The lowest BCUT2D eigenvalue weighted by atomic mass is 10.1. The monoisotopic (exact) mass is 560 g/mol. The molecule has 0 unspecified atom stereocenters. The van der Waals surface area contributed by atoms with Crippen LogP contribution in [0, 0.1) is 11.8 Å². The predicted octanol–water partition coefficient (Wildman–Crippen LogP) is 5.53. The second kappa shape index (κ2) is 9.84. The third kappa shape index (κ3) is 5.14. The van der Waals surface area contributed by atoms with Crippen molar-refractivity contribution in [2.45, 2.75) is 4.90 Å². The highest BCUT2D eigenvalue weighted by atomic mass is 35.5. The molecule has 0 radical (unpaired) electrons. The van der Waals surface area contributed by atoms with Crippen LogP contribution in [-0.4, -0.2) is 33.2 Å². The number of aryl methyl sites for hydroxylation is 1. The Balaban J connectivity index is 1.53. The summed E-state index contributed by atoms with van der Waals surface area (Å²) in [6.45, 7) is 0. The summed E-state index contributed by atoms with van der Waals surface area (Å²) < 4.78 is 63.2. The minimum absolute atomic E-state index is 0.0594. The zero-order valence-electron chi connectivity index (χ0n) is 18.8. The molecular formula is C23H15ClF2N6O3S2. The molecule has 37 heavy (non-hydrogen) atoms. The molecule has 0 aliphatic heterocycles. The SMILES string of the molecule is Cn1nccc1-c1nc(-c2ccc(F)nc2)ccc1Oc1cc(F)c(S(=O)(=O)Nc2cscn2)cc1Cl. The van der Waals surface area contributed by atoms with Gasteiger partial charge in [-0.2, -0.15) is 9.49 Å². The van der Waals surface area contributed by atoms with Crippen molar-refractivity contribution in [2.24, 2.45) is 7.05 Å². The second-order valence-corrected chi connectivity index (χ2v) is 10.3. The highest BCUT2D eigenvalue weighted by Gasteiger charge is 2.24. The van der Waals surface area contributed by atoms with Gasteiger partial charge in [-0.3, -0.25) is 9.40 Å². The molecule has 4 heterocycles. The van der Waals surface area contributed by atoms with Crippen LogP contribution in [-0.2, 0) is 17.1 Å². The zero-order valence-corrected chi connectivity index (χ0v) is 21.2. The van der Waals surface area contributed by atoms with Crippen molar-refractivity contribution in [1.82, 2.24) is 24.7 Å². The highest BCUT2D eigenvalue weighted by Crippen LogP contribution is 2.38. The third-order valence-corrected chi connectivity index (χ3v) is 7.36. The standard InChI is InChI=1S/C23H15ClF2N6O3S2/c1-32-17(6-7-29-32)23-18(4-3-16(30-23)13-2-5-21(26)27-10-13)35-19-9-15(25)20(8-14(19)24)37(33,34)31-22-11-36-12-28-22/h2-12,31H,1H3. The molecule has 14 heteroatoms. The van der Waals surface area contributed by atoms with E-state index in [0.29, 0.717) is 22.6 Å². The van der Waals surface area contributed by atoms with Gasteiger partial charge in [0.2, 0.25) is 5.95 Å². The van der Waals surface area contributed by atoms with Gasteiger partial charge in [-0.25, -0.2) is 27.8 Å². The van der Waals surface area contributed by atoms with Gasteiger partial charge in [-0.05, 0) is 36.4 Å². The number of rotatable bonds is 7. The van der Waals surface area contributed by atoms with Gasteiger partial charge in [0.15, 0.2) is 11.6 Å². The van der Waals surface area contributed by atoms with E-state index in [9.17, 15) is 17.2 Å². The van der Waals surface area contributed by atoms with Crippen LogP contribution in [0.4, 0.5) is 14.6 Å². The fourth-order valence-corrected chi connectivity index (χ4v) is 5.29. The summed E-state index contributed by atoms with van der Waals surface area (Å²) >= 11 is 7.49. The fraction of sp³-hybridized carbons (Fsp3) is 0.0435. The quantitative estimate of drug-likeness (QED) is 0.261. The summed E-state index contributed by atoms with van der Waals surface area (Å²) in [6, 6.07) is 9.47. The van der Waals surface area contributed by atoms with Crippen LogP contribution in [0.2, 0.25) is 5.02 Å². The number of hydrogen-bond donors (Lipinski definition) is 1. The topological polar surface area (TPSA) is 112 Å². The van der Waals surface area contributed by atoms with Gasteiger partial charge in [0.05, 0.1) is 21.9 Å². The molecule has 1 N–H and O–H groups in total. The molecule has 0 saturated carbocycles. The Bertz CT molecular complexity index is 1690. The number of aromatic nitrogens is 5. The van der Waals surface area contributed by atoms with E-state index in [1.54, 1.807) is 36.1 Å². The van der Waals surface area contributed by atoms with Crippen LogP contribution < -0.4 is 9.46 Å². The van der Waals surface area contributed by atoms with Gasteiger partial charge >= 0.3 is 0 Å². The average molecular weight is 561 g/mol. The molecular weight excluding hydrogens is 546 g/mol. The Hall–Kier alpha value is -3.94. The summed E-state index contributed by atoms with van der Waals surface area (Å²) in [6.07, 6.45) is 2.91. The Morgan fingerprint density at radius 3 is 2.59 bits per heavy atom. The largest absolute Gasteiger partial charge is 0.453 e. The van der Waals surface area contributed by atoms with Crippen molar-refractivity contribution in [3.05, 3.63) is 82.5 Å². The van der Waals surface area contributed by atoms with E-state index in [1.807, 2.05) is 0 Å². The van der Waals surface area contributed by atoms with E-state index < -0.39 is 26.7 Å². The van der Waals surface area contributed by atoms with Crippen LogP contribution >= 0.6 is 22.9 Å². The van der Waals surface area contributed by atoms with Gasteiger partial charge in [0.1, 0.15) is 22.2 Å². The van der Waals surface area contributed by atoms with Crippen molar-refractivity contribution >= 4 is 38.8 Å². The van der Waals surface area contributed by atoms with Crippen molar-refractivity contribution in [3.8, 4) is 34.1 Å². The van der Waals surface area contributed by atoms with Crippen LogP contribution in [0.5, 0.6) is 11.5 Å². The van der Waals surface area contributed by atoms with Crippen molar-refractivity contribution in [2.75, 3.05) is 4.72 Å². The van der Waals surface area contributed by atoms with Crippen LogP contribution in [0.15, 0.2) is 70.6 Å². The highest BCUT2D eigenvalue weighted by molar-refractivity contribution is 7.92. The van der Waals surface area contributed by atoms with Gasteiger partial charge in [-0.1, -0.05) is 11.6 Å². The zero-order chi connectivity index (χ0) is 26.2. The smallest absolute Gasteiger partial charge is 0.266 e. The lowest BCUT2D eigenvalue weighted by molar-refractivity contribution is 0.473. The number of sulfonamides is 1. The van der Waals surface area contributed by atoms with E-state index in [4.69, 9.17) is 16.3 Å². The number of ether oxygens (including phenoxy) is 1. The number of anilines is 1. The Labute approximate surface area is 218 Å². The number of halogens is 3. The van der Waals surface area contributed by atoms with Gasteiger partial charge in [0.25, 0.3) is 10.0 Å². The molecule has 0 bridgehead atoms. The third-order valence-electron chi connectivity index (χ3n) is 5.11. The number of pyridine rings is 2. The van der Waals surface area contributed by atoms with E-state index in [1.165, 1.54) is 40.6 Å². The molecule has 0 fully saturated rings. The first-order chi connectivity index (χ1) is 17.7. The summed E-state index contributed by atoms with van der Waals surface area (Å²) in [5.74, 6) is -1.58. The second-order valence-electron chi connectivity index (χ2n) is 7.55. The van der Waals surface area contributed by atoms with Crippen LogP contribution in [0.25, 0.3) is 22.6 Å². The number of hydrogen-bond acceptors (Lipinski definition) is 8. The first-order valence-corrected chi connectivity index (χ1v) is 13.2. The van der Waals surface area contributed by atoms with E-state index in [2.05, 4.69) is 24.8 Å². The molecule has 188 valence electrons. The molecule has 5 rings (SSSR count). The molecule has 0 aliphatic carbocycles. The van der Waals surface area contributed by atoms with E-state index in [0.717, 1.165) is 12.1 Å². The summed E-state index contributed by atoms with van der Waals surface area (Å²) in [5.41, 5.74) is 3.37. The Morgan fingerprint density at radius 2 is 1.92 bits per heavy atom. The number of benzene rings is 1. The lowest BCUT2D eigenvalue weighted by Crippen LogP contribution is -2.15. The first-order valence-electron chi connectivity index (χ1n) is 10.4. The van der Waals surface area contributed by atoms with Crippen LogP contribution in [0.1, 0.15) is 0 Å². The van der Waals surface area contributed by atoms with Gasteiger partial charge in [-0.15, -0.1) is 11.3 Å². The summed E-state index contributed by atoms with van der Waals surface area (Å²) in [4.78, 5) is 11.5. The normalized spacial score (nSPS) is 11.5. The number of thiazole rings is 1. The van der Waals surface area contributed by atoms with Crippen molar-refractivity contribution in [3.63, 3.8) is 0 Å². The van der Waals surface area contributed by atoms with Crippen molar-refractivity contribution < 1.29 is 21.9 Å². The average Bonchev–Trinajstić information content (AvgIpc) is 3.53. The van der Waals surface area contributed by atoms with E-state index in [-0.39, 0.29) is 22.3 Å². The molecule has 9 nitrogen and oxygen atoms in total. The Morgan fingerprint density at radius 1 is 1.08 bits per heavy atom. The van der Waals surface area contributed by atoms with Gasteiger partial charge in [0, 0.05) is 36.5 Å². The number of nitrogens with zero attached hydrogens (tertiary/aromatic N) is 5. The molecule has 4 aromatic heterocycles. The minimum atomic E-state index is -4.29. The first kappa shape index (κ1) is 24.7. The fourth-order valence-electron chi connectivity index (χ4n) is 3.38. The summed E-state index contributed by atoms with van der Waals surface area (Å²) in [5, 5.41) is 5.47. The molecule has 1 aromatic carbocycles. The molecule has 0 aliphatic rings. The van der Waals surface area contributed by atoms with Gasteiger partial charge < -0.3 is 4.74 Å². The molecule has 0 atom stereocenters. The van der Waals surface area contributed by atoms with Crippen molar-refractivity contribution in [1.29, 1.82) is 0 Å².